The lowest BCUT2D eigenvalue weighted by molar-refractivity contribution is 0.0526. The summed E-state index contributed by atoms with van der Waals surface area (Å²) in [5.41, 5.74) is 1.10. The molecule has 0 saturated heterocycles. The summed E-state index contributed by atoms with van der Waals surface area (Å²) < 4.78 is 10.4. The molecule has 2 aromatic rings. The fourth-order valence-electron chi connectivity index (χ4n) is 1.90. The van der Waals surface area contributed by atoms with Crippen molar-refractivity contribution in [3.8, 4) is 11.3 Å². The maximum atomic E-state index is 12.3. The Balaban J connectivity index is 2.57. The molecule has 0 N–H and O–H groups in total. The van der Waals surface area contributed by atoms with Crippen molar-refractivity contribution in [3.05, 3.63) is 45.8 Å². The van der Waals surface area contributed by atoms with Gasteiger partial charge in [0.25, 0.3) is 0 Å². The summed E-state index contributed by atoms with van der Waals surface area (Å²) in [7, 11) is 3.71. The Hall–Kier alpha value is -1.98. The highest BCUT2D eigenvalue weighted by atomic mass is 35.5. The van der Waals surface area contributed by atoms with Gasteiger partial charge in [0.2, 0.25) is 0 Å². The molecule has 1 heterocycles. The molecule has 0 radical (unpaired) electrons. The highest BCUT2D eigenvalue weighted by Crippen LogP contribution is 2.34. The zero-order valence-corrected chi connectivity index (χ0v) is 14.5. The lowest BCUT2D eigenvalue weighted by Gasteiger charge is -2.05. The number of nitrogens with zero attached hydrogens (tertiary/aromatic N) is 2. The van der Waals surface area contributed by atoms with E-state index in [1.165, 1.54) is 0 Å². The number of rotatable bonds is 5. The van der Waals surface area contributed by atoms with Crippen LogP contribution in [0.2, 0.25) is 10.0 Å². The number of aromatic nitrogens is 1. The zero-order valence-electron chi connectivity index (χ0n) is 13.0. The van der Waals surface area contributed by atoms with E-state index in [-0.39, 0.29) is 12.2 Å². The average molecular weight is 355 g/mol. The molecule has 0 aliphatic rings. The number of halogens is 2. The summed E-state index contributed by atoms with van der Waals surface area (Å²) >= 11 is 12.1. The monoisotopic (exact) mass is 354 g/mol. The SMILES string of the molecule is CCOC(=O)c1c(-c2ccc(Cl)cc2Cl)noc1C=CN(C)C. The van der Waals surface area contributed by atoms with Crippen LogP contribution in [0.3, 0.4) is 0 Å². The van der Waals surface area contributed by atoms with Crippen LogP contribution in [0.15, 0.2) is 28.9 Å². The van der Waals surface area contributed by atoms with Gasteiger partial charge in [-0.2, -0.15) is 0 Å². The molecule has 0 atom stereocenters. The lowest BCUT2D eigenvalue weighted by Crippen LogP contribution is -2.07. The molecule has 2 rings (SSSR count). The van der Waals surface area contributed by atoms with Crippen LogP contribution in [0.4, 0.5) is 0 Å². The summed E-state index contributed by atoms with van der Waals surface area (Å²) in [6.07, 6.45) is 3.39. The molecule has 0 saturated carbocycles. The Morgan fingerprint density at radius 1 is 1.39 bits per heavy atom. The molecular formula is C16H16Cl2N2O3. The molecular weight excluding hydrogens is 339 g/mol. The van der Waals surface area contributed by atoms with Gasteiger partial charge in [0.05, 0.1) is 11.6 Å². The molecule has 5 nitrogen and oxygen atoms in total. The van der Waals surface area contributed by atoms with E-state index in [9.17, 15) is 4.79 Å². The first-order valence-electron chi connectivity index (χ1n) is 6.90. The van der Waals surface area contributed by atoms with E-state index in [2.05, 4.69) is 5.16 Å². The molecule has 7 heteroatoms. The summed E-state index contributed by atoms with van der Waals surface area (Å²) in [6, 6.07) is 4.93. The minimum atomic E-state index is -0.520. The minimum Gasteiger partial charge on any atom is -0.462 e. The first kappa shape index (κ1) is 17.4. The van der Waals surface area contributed by atoms with Gasteiger partial charge in [-0.25, -0.2) is 4.79 Å². The topological polar surface area (TPSA) is 55.6 Å². The van der Waals surface area contributed by atoms with Crippen molar-refractivity contribution in [2.45, 2.75) is 6.92 Å². The highest BCUT2D eigenvalue weighted by molar-refractivity contribution is 6.36. The third-order valence-electron chi connectivity index (χ3n) is 2.91. The van der Waals surface area contributed by atoms with Gasteiger partial charge >= 0.3 is 5.97 Å². The Labute approximate surface area is 144 Å². The third-order valence-corrected chi connectivity index (χ3v) is 3.46. The van der Waals surface area contributed by atoms with Gasteiger partial charge in [0.1, 0.15) is 11.3 Å². The van der Waals surface area contributed by atoms with Crippen molar-refractivity contribution in [1.82, 2.24) is 10.1 Å². The van der Waals surface area contributed by atoms with Crippen molar-refractivity contribution in [2.75, 3.05) is 20.7 Å². The van der Waals surface area contributed by atoms with Crippen molar-refractivity contribution < 1.29 is 14.1 Å². The number of hydrogen-bond donors (Lipinski definition) is 0. The fourth-order valence-corrected chi connectivity index (χ4v) is 2.40. The largest absolute Gasteiger partial charge is 0.462 e. The van der Waals surface area contributed by atoms with E-state index in [0.29, 0.717) is 27.1 Å². The quantitative estimate of drug-likeness (QED) is 0.746. The number of carbonyl (C=O) groups is 1. The molecule has 122 valence electrons. The summed E-state index contributed by atoms with van der Waals surface area (Å²) in [6.45, 7) is 1.98. The van der Waals surface area contributed by atoms with Gasteiger partial charge < -0.3 is 14.2 Å². The summed E-state index contributed by atoms with van der Waals surface area (Å²) in [4.78, 5) is 14.1. The van der Waals surface area contributed by atoms with Crippen LogP contribution in [-0.2, 0) is 4.74 Å². The first-order chi connectivity index (χ1) is 10.9. The predicted molar refractivity (Wildman–Crippen MR) is 90.6 cm³/mol. The Kier molecular flexibility index (Phi) is 5.69. The minimum absolute atomic E-state index is 0.231. The fraction of sp³-hybridized carbons (Fsp3) is 0.250. The molecule has 0 unspecified atom stereocenters. The Morgan fingerprint density at radius 2 is 2.13 bits per heavy atom. The van der Waals surface area contributed by atoms with Crippen molar-refractivity contribution >= 4 is 35.2 Å². The number of benzene rings is 1. The van der Waals surface area contributed by atoms with Crippen LogP contribution >= 0.6 is 23.2 Å². The van der Waals surface area contributed by atoms with Crippen LogP contribution < -0.4 is 0 Å². The molecule has 0 bridgehead atoms. The number of ether oxygens (including phenoxy) is 1. The summed E-state index contributed by atoms with van der Waals surface area (Å²) in [5, 5.41) is 4.85. The van der Waals surface area contributed by atoms with Gasteiger partial charge in [-0.05, 0) is 25.1 Å². The van der Waals surface area contributed by atoms with Crippen molar-refractivity contribution in [2.24, 2.45) is 0 Å². The molecule has 0 aliphatic carbocycles. The second-order valence-corrected chi connectivity index (χ2v) is 5.74. The molecule has 1 aromatic carbocycles. The van der Waals surface area contributed by atoms with Crippen LogP contribution in [0.1, 0.15) is 23.0 Å². The van der Waals surface area contributed by atoms with Crippen molar-refractivity contribution in [1.29, 1.82) is 0 Å². The maximum Gasteiger partial charge on any atom is 0.344 e. The number of carbonyl (C=O) groups excluding carboxylic acids is 1. The smallest absolute Gasteiger partial charge is 0.344 e. The van der Waals surface area contributed by atoms with Gasteiger partial charge in [-0.15, -0.1) is 0 Å². The molecule has 0 fully saturated rings. The van der Waals surface area contributed by atoms with Crippen LogP contribution in [0.5, 0.6) is 0 Å². The molecule has 1 aromatic heterocycles. The maximum absolute atomic E-state index is 12.3. The van der Waals surface area contributed by atoms with E-state index in [4.69, 9.17) is 32.5 Å². The second-order valence-electron chi connectivity index (χ2n) is 4.89. The van der Waals surface area contributed by atoms with E-state index in [0.717, 1.165) is 0 Å². The Bertz CT molecular complexity index is 739. The number of esters is 1. The molecule has 0 aliphatic heterocycles. The lowest BCUT2D eigenvalue weighted by atomic mass is 10.1. The molecule has 0 spiro atoms. The Morgan fingerprint density at radius 3 is 2.74 bits per heavy atom. The van der Waals surface area contributed by atoms with Gasteiger partial charge in [0, 0.05) is 37.0 Å². The number of hydrogen-bond acceptors (Lipinski definition) is 5. The average Bonchev–Trinajstić information content (AvgIpc) is 2.89. The third kappa shape index (κ3) is 4.06. The van der Waals surface area contributed by atoms with E-state index >= 15 is 0 Å². The zero-order chi connectivity index (χ0) is 17.0. The first-order valence-corrected chi connectivity index (χ1v) is 7.66. The van der Waals surface area contributed by atoms with E-state index in [1.54, 1.807) is 37.4 Å². The van der Waals surface area contributed by atoms with Crippen LogP contribution in [0.25, 0.3) is 17.3 Å². The predicted octanol–water partition coefficient (Wildman–Crippen LogP) is 4.36. The van der Waals surface area contributed by atoms with Crippen LogP contribution in [-0.4, -0.2) is 36.7 Å². The summed E-state index contributed by atoms with van der Waals surface area (Å²) in [5.74, 6) is -0.216. The van der Waals surface area contributed by atoms with Gasteiger partial charge in [-0.1, -0.05) is 28.4 Å². The van der Waals surface area contributed by atoms with Gasteiger partial charge in [0.15, 0.2) is 5.76 Å². The molecule has 23 heavy (non-hydrogen) atoms. The van der Waals surface area contributed by atoms with E-state index < -0.39 is 5.97 Å². The standard InChI is InChI=1S/C16H16Cl2N2O3/c1-4-22-16(21)14-13(7-8-20(2)3)23-19-15(14)11-6-5-10(17)9-12(11)18/h5-9H,4H2,1-3H3. The highest BCUT2D eigenvalue weighted by Gasteiger charge is 2.25. The van der Waals surface area contributed by atoms with E-state index in [1.807, 2.05) is 19.0 Å². The normalized spacial score (nSPS) is 11.0. The van der Waals surface area contributed by atoms with Crippen molar-refractivity contribution in [3.63, 3.8) is 0 Å². The van der Waals surface area contributed by atoms with Gasteiger partial charge in [-0.3, -0.25) is 0 Å². The second kappa shape index (κ2) is 7.53. The van der Waals surface area contributed by atoms with Crippen LogP contribution in [0, 0.1) is 0 Å². The molecule has 0 amide bonds.